The molecular formula is C17H23NO3. The molecule has 1 saturated carbocycles. The van der Waals surface area contributed by atoms with Crippen LogP contribution in [0.4, 0.5) is 0 Å². The summed E-state index contributed by atoms with van der Waals surface area (Å²) in [5, 5.41) is 12.2. The minimum Gasteiger partial charge on any atom is -0.481 e. The van der Waals surface area contributed by atoms with Crippen LogP contribution in [0.5, 0.6) is 0 Å². The Bertz CT molecular complexity index is 561. The number of rotatable bonds is 5. The molecule has 2 rings (SSSR count). The van der Waals surface area contributed by atoms with Crippen molar-refractivity contribution in [2.45, 2.75) is 52.5 Å². The molecule has 1 aliphatic rings. The van der Waals surface area contributed by atoms with E-state index in [1.54, 1.807) is 0 Å². The van der Waals surface area contributed by atoms with Crippen LogP contribution < -0.4 is 5.32 Å². The van der Waals surface area contributed by atoms with Gasteiger partial charge in [0.1, 0.15) is 0 Å². The molecule has 0 spiro atoms. The molecule has 0 heterocycles. The number of carboxylic acids is 1. The lowest BCUT2D eigenvalue weighted by molar-refractivity contribution is -0.157. The van der Waals surface area contributed by atoms with E-state index in [-0.39, 0.29) is 18.4 Å². The van der Waals surface area contributed by atoms with Crippen molar-refractivity contribution in [3.8, 4) is 0 Å². The molecule has 1 aromatic carbocycles. The van der Waals surface area contributed by atoms with Crippen molar-refractivity contribution >= 4 is 11.9 Å². The fourth-order valence-electron chi connectivity index (χ4n) is 2.79. The summed E-state index contributed by atoms with van der Waals surface area (Å²) in [7, 11) is 0. The van der Waals surface area contributed by atoms with Gasteiger partial charge in [-0.15, -0.1) is 0 Å². The van der Waals surface area contributed by atoms with E-state index in [4.69, 9.17) is 0 Å². The van der Waals surface area contributed by atoms with Crippen LogP contribution in [0.2, 0.25) is 0 Å². The monoisotopic (exact) mass is 289 g/mol. The molecule has 21 heavy (non-hydrogen) atoms. The molecule has 0 aliphatic heterocycles. The van der Waals surface area contributed by atoms with Crippen molar-refractivity contribution in [2.75, 3.05) is 0 Å². The van der Waals surface area contributed by atoms with Gasteiger partial charge in [-0.25, -0.2) is 0 Å². The summed E-state index contributed by atoms with van der Waals surface area (Å²) in [5.74, 6) is -1.02. The van der Waals surface area contributed by atoms with Gasteiger partial charge in [0.05, 0.1) is 11.5 Å². The topological polar surface area (TPSA) is 66.4 Å². The van der Waals surface area contributed by atoms with Gasteiger partial charge in [0.25, 0.3) is 0 Å². The Morgan fingerprint density at radius 2 is 1.95 bits per heavy atom. The average molecular weight is 289 g/mol. The minimum atomic E-state index is -0.845. The molecule has 1 aliphatic carbocycles. The van der Waals surface area contributed by atoms with Crippen LogP contribution in [0.25, 0.3) is 0 Å². The molecule has 0 saturated heterocycles. The Hall–Kier alpha value is -1.84. The number of aliphatic carboxylic acids is 1. The highest BCUT2D eigenvalue weighted by Crippen LogP contribution is 2.44. The lowest BCUT2D eigenvalue weighted by Crippen LogP contribution is -2.43. The molecule has 0 bridgehead atoms. The molecule has 1 unspecified atom stereocenters. The maximum absolute atomic E-state index is 12.1. The summed E-state index contributed by atoms with van der Waals surface area (Å²) in [4.78, 5) is 23.4. The minimum absolute atomic E-state index is 0.0809. The molecule has 1 atom stereocenters. The van der Waals surface area contributed by atoms with Crippen LogP contribution in [0, 0.1) is 19.3 Å². The first kappa shape index (κ1) is 15.5. The highest BCUT2D eigenvalue weighted by molar-refractivity contribution is 5.85. The fraction of sp³-hybridized carbons (Fsp3) is 0.529. The van der Waals surface area contributed by atoms with Crippen molar-refractivity contribution in [1.29, 1.82) is 0 Å². The Kier molecular flexibility index (Phi) is 4.35. The second kappa shape index (κ2) is 5.88. The van der Waals surface area contributed by atoms with E-state index in [9.17, 15) is 14.7 Å². The number of benzene rings is 1. The largest absolute Gasteiger partial charge is 0.481 e. The lowest BCUT2D eigenvalue weighted by Gasteiger charge is -2.37. The zero-order valence-corrected chi connectivity index (χ0v) is 12.9. The fourth-order valence-corrected chi connectivity index (χ4v) is 2.79. The van der Waals surface area contributed by atoms with Crippen molar-refractivity contribution < 1.29 is 14.7 Å². The maximum atomic E-state index is 12.1. The molecule has 0 aromatic heterocycles. The van der Waals surface area contributed by atoms with E-state index in [2.05, 4.69) is 18.3 Å². The normalized spacial score (nSPS) is 17.7. The third-order valence-corrected chi connectivity index (χ3v) is 4.67. The Labute approximate surface area is 125 Å². The Morgan fingerprint density at radius 3 is 2.43 bits per heavy atom. The van der Waals surface area contributed by atoms with Gasteiger partial charge in [-0.1, -0.05) is 24.6 Å². The van der Waals surface area contributed by atoms with Gasteiger partial charge >= 0.3 is 5.97 Å². The van der Waals surface area contributed by atoms with Crippen LogP contribution in [0.1, 0.15) is 55.3 Å². The predicted octanol–water partition coefficient (Wildman–Crippen LogP) is 3.13. The molecule has 4 nitrogen and oxygen atoms in total. The molecule has 1 aromatic rings. The van der Waals surface area contributed by atoms with E-state index in [1.807, 2.05) is 26.0 Å². The second-order valence-electron chi connectivity index (χ2n) is 6.25. The number of nitrogens with one attached hydrogen (secondary N) is 1. The first-order valence-corrected chi connectivity index (χ1v) is 7.44. The highest BCUT2D eigenvalue weighted by Gasteiger charge is 2.45. The first-order chi connectivity index (χ1) is 9.84. The van der Waals surface area contributed by atoms with E-state index in [0.29, 0.717) is 12.8 Å². The zero-order chi connectivity index (χ0) is 15.6. The Morgan fingerprint density at radius 1 is 1.29 bits per heavy atom. The van der Waals surface area contributed by atoms with E-state index in [0.717, 1.165) is 12.0 Å². The number of carbonyl (C=O) groups is 2. The third kappa shape index (κ3) is 3.26. The van der Waals surface area contributed by atoms with Gasteiger partial charge < -0.3 is 10.4 Å². The summed E-state index contributed by atoms with van der Waals surface area (Å²) >= 11 is 0. The molecule has 1 fully saturated rings. The van der Waals surface area contributed by atoms with Crippen molar-refractivity contribution in [3.63, 3.8) is 0 Å². The molecule has 2 N–H and O–H groups in total. The van der Waals surface area contributed by atoms with E-state index >= 15 is 0 Å². The lowest BCUT2D eigenvalue weighted by atomic mass is 9.66. The number of aryl methyl sites for hydroxylation is 2. The quantitative estimate of drug-likeness (QED) is 0.875. The molecule has 0 radical (unpaired) electrons. The smallest absolute Gasteiger partial charge is 0.310 e. The van der Waals surface area contributed by atoms with Gasteiger partial charge in [-0.2, -0.15) is 0 Å². The van der Waals surface area contributed by atoms with Crippen LogP contribution in [-0.2, 0) is 9.59 Å². The molecule has 1 amide bonds. The Balaban J connectivity index is 1.99. The molecular weight excluding hydrogens is 266 g/mol. The zero-order valence-electron chi connectivity index (χ0n) is 12.9. The summed E-state index contributed by atoms with van der Waals surface area (Å²) in [6.07, 6.45) is 2.19. The van der Waals surface area contributed by atoms with Gasteiger partial charge in [0, 0.05) is 6.42 Å². The molecule has 4 heteroatoms. The van der Waals surface area contributed by atoms with Gasteiger partial charge in [0.2, 0.25) is 5.91 Å². The highest BCUT2D eigenvalue weighted by atomic mass is 16.4. The van der Waals surface area contributed by atoms with E-state index < -0.39 is 11.4 Å². The molecule has 114 valence electrons. The summed E-state index contributed by atoms with van der Waals surface area (Å²) in [5.41, 5.74) is 2.63. The summed E-state index contributed by atoms with van der Waals surface area (Å²) in [6.45, 7) is 6.02. The van der Waals surface area contributed by atoms with Crippen LogP contribution >= 0.6 is 0 Å². The number of hydrogen-bond donors (Lipinski definition) is 2. The first-order valence-electron chi connectivity index (χ1n) is 7.44. The van der Waals surface area contributed by atoms with Crippen molar-refractivity contribution in [2.24, 2.45) is 5.41 Å². The van der Waals surface area contributed by atoms with Crippen LogP contribution in [-0.4, -0.2) is 17.0 Å². The van der Waals surface area contributed by atoms with Gasteiger partial charge in [-0.05, 0) is 50.3 Å². The average Bonchev–Trinajstić information content (AvgIpc) is 2.36. The van der Waals surface area contributed by atoms with Crippen LogP contribution in [0.15, 0.2) is 18.2 Å². The van der Waals surface area contributed by atoms with Crippen LogP contribution in [0.3, 0.4) is 0 Å². The van der Waals surface area contributed by atoms with Crippen molar-refractivity contribution in [3.05, 3.63) is 34.9 Å². The number of hydrogen-bond acceptors (Lipinski definition) is 2. The summed E-state index contributed by atoms with van der Waals surface area (Å²) in [6, 6.07) is 6.00. The number of carboxylic acid groups (broad SMARTS) is 1. The van der Waals surface area contributed by atoms with E-state index in [1.165, 1.54) is 11.1 Å². The standard InChI is InChI=1S/C17H23NO3/c1-11-5-6-14(9-12(11)2)13(3)18-15(19)10-17(16(20)21)7-4-8-17/h5-6,9,13H,4,7-8,10H2,1-3H3,(H,18,19)(H,20,21). The van der Waals surface area contributed by atoms with Crippen molar-refractivity contribution in [1.82, 2.24) is 5.32 Å². The third-order valence-electron chi connectivity index (χ3n) is 4.67. The SMILES string of the molecule is Cc1ccc(C(C)NC(=O)CC2(C(=O)O)CCC2)cc1C. The maximum Gasteiger partial charge on any atom is 0.310 e. The summed E-state index contributed by atoms with van der Waals surface area (Å²) < 4.78 is 0. The second-order valence-corrected chi connectivity index (χ2v) is 6.25. The van der Waals surface area contributed by atoms with Gasteiger partial charge in [-0.3, -0.25) is 9.59 Å². The predicted molar refractivity (Wildman–Crippen MR) is 81.0 cm³/mol. The van der Waals surface area contributed by atoms with Gasteiger partial charge in [0.15, 0.2) is 0 Å². The number of amides is 1. The number of carbonyl (C=O) groups excluding carboxylic acids is 1.